The Morgan fingerprint density at radius 3 is 2.06 bits per heavy atom. The van der Waals surface area contributed by atoms with Crippen molar-refractivity contribution < 1.29 is 47.4 Å². The summed E-state index contributed by atoms with van der Waals surface area (Å²) in [5, 5.41) is 8.97. The standard InChI is InChI=1S/C58H65N3O10/c1-39-20-27-49-57(2,47(39)26-23-43-29-31-64-54(43)62)30-28-50-58(49,3)38-69-55(71-50)44-21-24-46(25-22-44)65-37-45-32-61(60-59-45)33-48-51(66-34-40-14-8-5-9-15-40)52(67-35-41-16-10-6-11-17-41)53(56(63-4)70-48)68-36-42-18-12-7-13-19-42/h5-19,21-26,29,32,47-53,55-56H,1,20,27-28,30-31,33-38H2,2-4H3/b26-23+/t47-,48?,49+,50?,51?,52?,53?,55?,56?,57+,58+/m1/s1. The van der Waals surface area contributed by atoms with E-state index in [1.54, 1.807) is 11.8 Å². The number of hydrogen-bond acceptors (Lipinski definition) is 12. The molecule has 4 heterocycles. The van der Waals surface area contributed by atoms with Crippen molar-refractivity contribution in [2.24, 2.45) is 22.7 Å². The van der Waals surface area contributed by atoms with Gasteiger partial charge in [-0.3, -0.25) is 0 Å². The van der Waals surface area contributed by atoms with Crippen LogP contribution in [0, 0.1) is 22.7 Å². The Balaban J connectivity index is 0.784. The number of carbonyl (C=O) groups is 1. The number of rotatable bonds is 18. The SMILES string of the molecule is C=C1CC[C@H]2[C@@](C)(CCC3OC(c4ccc(OCc5cn(CC6OC(OC)C(OCc7ccccc7)C(OCc7ccccc7)C6OCc6ccccc6)nn5)cc4)OC[C@]32C)[C@@H]1/C=C/C1=CCOC1=O. The molecule has 7 unspecified atom stereocenters. The monoisotopic (exact) mass is 963 g/mol. The van der Waals surface area contributed by atoms with E-state index in [0.717, 1.165) is 47.9 Å². The molecule has 11 atom stereocenters. The summed E-state index contributed by atoms with van der Waals surface area (Å²) in [6, 6.07) is 38.1. The van der Waals surface area contributed by atoms with E-state index >= 15 is 0 Å². The van der Waals surface area contributed by atoms with E-state index in [0.29, 0.717) is 62.5 Å². The second-order valence-electron chi connectivity index (χ2n) is 20.0. The van der Waals surface area contributed by atoms with Crippen LogP contribution < -0.4 is 4.74 Å². The first kappa shape index (κ1) is 48.8. The van der Waals surface area contributed by atoms with E-state index in [1.807, 2.05) is 134 Å². The maximum Gasteiger partial charge on any atom is 0.338 e. The second kappa shape index (κ2) is 21.9. The first-order chi connectivity index (χ1) is 34.7. The molecule has 4 aromatic carbocycles. The zero-order valence-electron chi connectivity index (χ0n) is 40.9. The summed E-state index contributed by atoms with van der Waals surface area (Å²) in [5.74, 6) is 0.959. The topological polar surface area (TPSA) is 131 Å². The number of esters is 1. The third-order valence-corrected chi connectivity index (χ3v) is 15.4. The fourth-order valence-corrected chi connectivity index (χ4v) is 11.6. The molecule has 2 aliphatic carbocycles. The van der Waals surface area contributed by atoms with Crippen molar-refractivity contribution in [3.05, 3.63) is 185 Å². The zero-order valence-corrected chi connectivity index (χ0v) is 40.9. The average molecular weight is 964 g/mol. The lowest BCUT2D eigenvalue weighted by Crippen LogP contribution is -2.61. The van der Waals surface area contributed by atoms with Gasteiger partial charge in [0.05, 0.1) is 50.8 Å². The minimum Gasteiger partial charge on any atom is -0.487 e. The van der Waals surface area contributed by atoms with Gasteiger partial charge in [0.2, 0.25) is 0 Å². The maximum absolute atomic E-state index is 12.2. The minimum atomic E-state index is -0.758. The van der Waals surface area contributed by atoms with Gasteiger partial charge < -0.3 is 42.6 Å². The van der Waals surface area contributed by atoms with Gasteiger partial charge in [-0.15, -0.1) is 5.10 Å². The first-order valence-corrected chi connectivity index (χ1v) is 24.9. The molecular formula is C58H65N3O10. The molecule has 13 nitrogen and oxygen atoms in total. The van der Waals surface area contributed by atoms with E-state index in [4.69, 9.17) is 42.6 Å². The van der Waals surface area contributed by atoms with Crippen LogP contribution in [0.5, 0.6) is 5.75 Å². The molecule has 0 radical (unpaired) electrons. The summed E-state index contributed by atoms with van der Waals surface area (Å²) in [6.45, 7) is 11.7. The highest BCUT2D eigenvalue weighted by Gasteiger charge is 2.60. The summed E-state index contributed by atoms with van der Waals surface area (Å²) >= 11 is 0. The fraction of sp³-hybridized carbons (Fsp3) is 0.431. The van der Waals surface area contributed by atoms with Gasteiger partial charge in [-0.25, -0.2) is 9.48 Å². The van der Waals surface area contributed by atoms with Gasteiger partial charge in [0.15, 0.2) is 12.6 Å². The van der Waals surface area contributed by atoms with E-state index in [9.17, 15) is 4.79 Å². The van der Waals surface area contributed by atoms with Crippen LogP contribution in [0.25, 0.3) is 0 Å². The van der Waals surface area contributed by atoms with Gasteiger partial charge in [0.25, 0.3) is 0 Å². The van der Waals surface area contributed by atoms with Gasteiger partial charge in [0, 0.05) is 24.0 Å². The maximum atomic E-state index is 12.2. The molecule has 0 bridgehead atoms. The normalized spacial score (nSPS) is 30.6. The third kappa shape index (κ3) is 10.9. The van der Waals surface area contributed by atoms with Crippen LogP contribution >= 0.6 is 0 Å². The highest BCUT2D eigenvalue weighted by atomic mass is 16.7. The number of allylic oxidation sites excluding steroid dienone is 2. The lowest BCUT2D eigenvalue weighted by Gasteiger charge is -2.62. The number of benzene rings is 4. The summed E-state index contributed by atoms with van der Waals surface area (Å²) in [7, 11) is 1.62. The molecule has 5 aliphatic rings. The predicted octanol–water partition coefficient (Wildman–Crippen LogP) is 9.83. The molecule has 3 aliphatic heterocycles. The van der Waals surface area contributed by atoms with E-state index in [2.05, 4.69) is 36.8 Å². The molecule has 2 saturated carbocycles. The summed E-state index contributed by atoms with van der Waals surface area (Å²) < 4.78 is 59.4. The number of carbonyl (C=O) groups excluding carboxylic acids is 1. The molecule has 1 aromatic heterocycles. The first-order valence-electron chi connectivity index (χ1n) is 24.9. The summed E-state index contributed by atoms with van der Waals surface area (Å²) in [4.78, 5) is 12.2. The Hall–Kier alpha value is -5.77. The third-order valence-electron chi connectivity index (χ3n) is 15.4. The lowest BCUT2D eigenvalue weighted by atomic mass is 9.46. The largest absolute Gasteiger partial charge is 0.487 e. The van der Waals surface area contributed by atoms with Gasteiger partial charge >= 0.3 is 5.97 Å². The van der Waals surface area contributed by atoms with Crippen molar-refractivity contribution in [1.82, 2.24) is 15.0 Å². The van der Waals surface area contributed by atoms with Crippen LogP contribution in [-0.4, -0.2) is 78.1 Å². The molecule has 10 rings (SSSR count). The molecule has 71 heavy (non-hydrogen) atoms. The van der Waals surface area contributed by atoms with Crippen LogP contribution in [0.1, 0.15) is 73.8 Å². The highest BCUT2D eigenvalue weighted by Crippen LogP contribution is 2.63. The van der Waals surface area contributed by atoms with Crippen molar-refractivity contribution in [2.45, 2.75) is 116 Å². The fourth-order valence-electron chi connectivity index (χ4n) is 11.6. The van der Waals surface area contributed by atoms with Crippen LogP contribution in [0.2, 0.25) is 0 Å². The van der Waals surface area contributed by atoms with Crippen LogP contribution in [-0.2, 0) is 75.7 Å². The van der Waals surface area contributed by atoms with Crippen LogP contribution in [0.3, 0.4) is 0 Å². The van der Waals surface area contributed by atoms with Gasteiger partial charge in [-0.05, 0) is 71.9 Å². The Bertz CT molecular complexity index is 2620. The lowest BCUT2D eigenvalue weighted by molar-refractivity contribution is -0.319. The van der Waals surface area contributed by atoms with Crippen molar-refractivity contribution >= 4 is 5.97 Å². The van der Waals surface area contributed by atoms with E-state index < -0.39 is 37.0 Å². The number of fused-ring (bicyclic) bond motifs is 3. The number of aromatic nitrogens is 3. The minimum absolute atomic E-state index is 0.0252. The van der Waals surface area contributed by atoms with Crippen LogP contribution in [0.15, 0.2) is 157 Å². The van der Waals surface area contributed by atoms with Crippen molar-refractivity contribution in [1.29, 1.82) is 0 Å². The van der Waals surface area contributed by atoms with E-state index in [-0.39, 0.29) is 35.4 Å². The Labute approximate surface area is 416 Å². The van der Waals surface area contributed by atoms with Crippen molar-refractivity contribution in [3.63, 3.8) is 0 Å². The average Bonchev–Trinajstić information content (AvgIpc) is 4.04. The summed E-state index contributed by atoms with van der Waals surface area (Å²) in [6.07, 6.45) is 8.24. The number of cyclic esters (lactones) is 1. The second-order valence-corrected chi connectivity index (χ2v) is 20.0. The molecule has 0 amide bonds. The number of hydrogen-bond donors (Lipinski definition) is 0. The predicted molar refractivity (Wildman–Crippen MR) is 264 cm³/mol. The molecule has 2 saturated heterocycles. The summed E-state index contributed by atoms with van der Waals surface area (Å²) in [5.41, 5.74) is 6.33. The number of methoxy groups -OCH3 is 1. The number of ether oxygens (including phenoxy) is 9. The molecule has 13 heteroatoms. The zero-order chi connectivity index (χ0) is 48.8. The Morgan fingerprint density at radius 2 is 1.42 bits per heavy atom. The molecule has 0 N–H and O–H groups in total. The molecule has 372 valence electrons. The van der Waals surface area contributed by atoms with Crippen molar-refractivity contribution in [2.75, 3.05) is 20.3 Å². The molecular weight excluding hydrogens is 899 g/mol. The van der Waals surface area contributed by atoms with Crippen LogP contribution in [0.4, 0.5) is 0 Å². The highest BCUT2D eigenvalue weighted by molar-refractivity contribution is 5.93. The molecule has 5 aromatic rings. The van der Waals surface area contributed by atoms with Gasteiger partial charge in [-0.2, -0.15) is 0 Å². The van der Waals surface area contributed by atoms with Gasteiger partial charge in [-0.1, -0.05) is 146 Å². The Morgan fingerprint density at radius 1 is 0.775 bits per heavy atom. The van der Waals surface area contributed by atoms with E-state index in [1.165, 1.54) is 5.57 Å². The van der Waals surface area contributed by atoms with Gasteiger partial charge in [0.1, 0.15) is 49.1 Å². The quantitative estimate of drug-likeness (QED) is 0.0612. The molecule has 4 fully saturated rings. The van der Waals surface area contributed by atoms with Crippen molar-refractivity contribution in [3.8, 4) is 5.75 Å². The smallest absolute Gasteiger partial charge is 0.338 e. The molecule has 0 spiro atoms. The Kier molecular flexibility index (Phi) is 15.1. The number of nitrogens with zero attached hydrogens (tertiary/aromatic N) is 3.